The molecule has 0 aliphatic carbocycles. The van der Waals surface area contributed by atoms with E-state index in [1.807, 2.05) is 34.6 Å². The molecule has 2 aromatic heterocycles. The van der Waals surface area contributed by atoms with Crippen LogP contribution in [0, 0.1) is 13.8 Å². The van der Waals surface area contributed by atoms with Crippen LogP contribution in [0.25, 0.3) is 10.2 Å². The van der Waals surface area contributed by atoms with Crippen LogP contribution >= 0.6 is 23.1 Å². The second-order valence-corrected chi connectivity index (χ2v) is 8.69. The van der Waals surface area contributed by atoms with Gasteiger partial charge in [-0.25, -0.2) is 4.98 Å². The number of nitrogens with one attached hydrogen (secondary N) is 2. The highest BCUT2D eigenvalue weighted by Crippen LogP contribution is 2.29. The summed E-state index contributed by atoms with van der Waals surface area (Å²) in [6.45, 7) is 10.3. The molecular weight excluding hydrogens is 384 g/mol. The topological polar surface area (TPSA) is 93.1 Å². The van der Waals surface area contributed by atoms with Crippen molar-refractivity contribution in [3.63, 3.8) is 0 Å². The van der Waals surface area contributed by atoms with Crippen molar-refractivity contribution in [2.75, 3.05) is 18.8 Å². The summed E-state index contributed by atoms with van der Waals surface area (Å²) in [5.41, 5.74) is 0.896. The molecule has 2 amide bonds. The second-order valence-electron chi connectivity index (χ2n) is 6.54. The normalized spacial score (nSPS) is 11.2. The van der Waals surface area contributed by atoms with Crippen LogP contribution < -0.4 is 16.2 Å². The predicted octanol–water partition coefficient (Wildman–Crippen LogP) is 2.39. The molecule has 0 spiro atoms. The molecule has 0 aliphatic heterocycles. The third-order valence-corrected chi connectivity index (χ3v) is 6.12. The molecule has 0 aromatic carbocycles. The summed E-state index contributed by atoms with van der Waals surface area (Å²) < 4.78 is 1.63. The zero-order valence-corrected chi connectivity index (χ0v) is 18.0. The van der Waals surface area contributed by atoms with Gasteiger partial charge in [-0.05, 0) is 39.7 Å². The van der Waals surface area contributed by atoms with Crippen molar-refractivity contribution in [2.45, 2.75) is 52.2 Å². The summed E-state index contributed by atoms with van der Waals surface area (Å²) in [5.74, 6) is -0.386. The highest BCUT2D eigenvalue weighted by atomic mass is 32.2. The maximum absolute atomic E-state index is 12.9. The zero-order chi connectivity index (χ0) is 20.1. The first kappa shape index (κ1) is 21.4. The fourth-order valence-electron chi connectivity index (χ4n) is 2.53. The van der Waals surface area contributed by atoms with Gasteiger partial charge in [0.1, 0.15) is 4.83 Å². The SMILES string of the molecule is CCCNC(=O)CNC(=O)CSc1nc2sc(C)c(C)c2c(=O)n1C(C)C. The number of aryl methyl sites for hydroxylation is 2. The first-order valence-corrected chi connectivity index (χ1v) is 10.7. The van der Waals surface area contributed by atoms with Crippen LogP contribution in [0.1, 0.15) is 43.7 Å². The number of hydrogen-bond acceptors (Lipinski definition) is 6. The summed E-state index contributed by atoms with van der Waals surface area (Å²) in [5, 5.41) is 6.48. The third kappa shape index (κ3) is 5.10. The van der Waals surface area contributed by atoms with Crippen molar-refractivity contribution in [3.05, 3.63) is 20.8 Å². The molecule has 0 saturated heterocycles. The Morgan fingerprint density at radius 1 is 1.22 bits per heavy atom. The van der Waals surface area contributed by atoms with Gasteiger partial charge in [0.25, 0.3) is 5.56 Å². The maximum Gasteiger partial charge on any atom is 0.263 e. The highest BCUT2D eigenvalue weighted by Gasteiger charge is 2.19. The Bertz CT molecular complexity index is 902. The predicted molar refractivity (Wildman–Crippen MR) is 111 cm³/mol. The average Bonchev–Trinajstić information content (AvgIpc) is 2.90. The second kappa shape index (κ2) is 9.36. The number of thioether (sulfide) groups is 1. The van der Waals surface area contributed by atoms with Crippen LogP contribution in [0.2, 0.25) is 0 Å². The molecule has 0 aliphatic rings. The van der Waals surface area contributed by atoms with Gasteiger partial charge in [0.05, 0.1) is 17.7 Å². The minimum Gasteiger partial charge on any atom is -0.355 e. The summed E-state index contributed by atoms with van der Waals surface area (Å²) in [7, 11) is 0. The van der Waals surface area contributed by atoms with Gasteiger partial charge in [0.2, 0.25) is 11.8 Å². The molecule has 2 heterocycles. The fourth-order valence-corrected chi connectivity index (χ4v) is 4.56. The highest BCUT2D eigenvalue weighted by molar-refractivity contribution is 7.99. The number of amides is 2. The van der Waals surface area contributed by atoms with Gasteiger partial charge in [0.15, 0.2) is 5.16 Å². The smallest absolute Gasteiger partial charge is 0.263 e. The minimum atomic E-state index is -0.269. The van der Waals surface area contributed by atoms with Gasteiger partial charge in [-0.2, -0.15) is 0 Å². The molecule has 0 saturated carbocycles. The van der Waals surface area contributed by atoms with Gasteiger partial charge in [-0.3, -0.25) is 19.0 Å². The molecule has 148 valence electrons. The van der Waals surface area contributed by atoms with Gasteiger partial charge in [0, 0.05) is 17.5 Å². The lowest BCUT2D eigenvalue weighted by molar-refractivity contribution is -0.124. The van der Waals surface area contributed by atoms with Crippen molar-refractivity contribution in [1.29, 1.82) is 0 Å². The van der Waals surface area contributed by atoms with E-state index in [2.05, 4.69) is 15.6 Å². The number of carbonyl (C=O) groups excluding carboxylic acids is 2. The standard InChI is InChI=1S/C18H26N4O3S2/c1-6-7-19-13(23)8-20-14(24)9-26-18-21-16-15(11(4)12(5)27-16)17(25)22(18)10(2)3/h10H,6-9H2,1-5H3,(H,19,23)(H,20,24). The van der Waals surface area contributed by atoms with E-state index in [0.29, 0.717) is 21.9 Å². The molecule has 0 bridgehead atoms. The van der Waals surface area contributed by atoms with Crippen molar-refractivity contribution in [2.24, 2.45) is 0 Å². The number of thiophene rings is 1. The van der Waals surface area contributed by atoms with Gasteiger partial charge in [-0.1, -0.05) is 18.7 Å². The van der Waals surface area contributed by atoms with Crippen LogP contribution in [0.3, 0.4) is 0 Å². The van der Waals surface area contributed by atoms with E-state index in [-0.39, 0.29) is 35.7 Å². The average molecular weight is 411 g/mol. The zero-order valence-electron chi connectivity index (χ0n) is 16.3. The molecule has 0 unspecified atom stereocenters. The van der Waals surface area contributed by atoms with E-state index in [9.17, 15) is 14.4 Å². The van der Waals surface area contributed by atoms with Crippen LogP contribution in [-0.4, -0.2) is 40.2 Å². The lowest BCUT2D eigenvalue weighted by Crippen LogP contribution is -2.38. The number of aromatic nitrogens is 2. The Morgan fingerprint density at radius 2 is 1.93 bits per heavy atom. The number of carbonyl (C=O) groups is 2. The number of fused-ring (bicyclic) bond motifs is 1. The molecule has 2 aromatic rings. The first-order valence-electron chi connectivity index (χ1n) is 8.94. The Labute approximate surface area is 166 Å². The van der Waals surface area contributed by atoms with Gasteiger partial charge >= 0.3 is 0 Å². The fraction of sp³-hybridized carbons (Fsp3) is 0.556. The van der Waals surface area contributed by atoms with Crippen LogP contribution in [0.5, 0.6) is 0 Å². The molecule has 7 nitrogen and oxygen atoms in total. The van der Waals surface area contributed by atoms with E-state index in [1.165, 1.54) is 23.1 Å². The molecule has 0 atom stereocenters. The van der Waals surface area contributed by atoms with Crippen molar-refractivity contribution >= 4 is 45.1 Å². The number of rotatable bonds is 8. The number of hydrogen-bond donors (Lipinski definition) is 2. The first-order chi connectivity index (χ1) is 12.8. The van der Waals surface area contributed by atoms with Crippen molar-refractivity contribution in [3.8, 4) is 0 Å². The Balaban J connectivity index is 2.14. The van der Waals surface area contributed by atoms with Crippen LogP contribution in [0.15, 0.2) is 9.95 Å². The maximum atomic E-state index is 12.9. The lowest BCUT2D eigenvalue weighted by atomic mass is 10.2. The largest absolute Gasteiger partial charge is 0.355 e. The Hall–Kier alpha value is -1.87. The molecule has 27 heavy (non-hydrogen) atoms. The Kier molecular flexibility index (Phi) is 7.43. The van der Waals surface area contributed by atoms with E-state index >= 15 is 0 Å². The van der Waals surface area contributed by atoms with E-state index in [4.69, 9.17) is 0 Å². The number of nitrogens with zero attached hydrogens (tertiary/aromatic N) is 2. The monoisotopic (exact) mass is 410 g/mol. The minimum absolute atomic E-state index is 0.0494. The van der Waals surface area contributed by atoms with E-state index in [0.717, 1.165) is 16.9 Å². The lowest BCUT2D eigenvalue weighted by Gasteiger charge is -2.15. The molecule has 0 radical (unpaired) electrons. The molecule has 9 heteroatoms. The third-order valence-electron chi connectivity index (χ3n) is 4.07. The van der Waals surface area contributed by atoms with Gasteiger partial charge in [-0.15, -0.1) is 11.3 Å². The van der Waals surface area contributed by atoms with E-state index < -0.39 is 0 Å². The summed E-state index contributed by atoms with van der Waals surface area (Å²) in [6.07, 6.45) is 0.845. The van der Waals surface area contributed by atoms with E-state index in [1.54, 1.807) is 4.57 Å². The summed E-state index contributed by atoms with van der Waals surface area (Å²) in [4.78, 5) is 43.0. The van der Waals surface area contributed by atoms with Crippen LogP contribution in [-0.2, 0) is 9.59 Å². The molecule has 2 rings (SSSR count). The van der Waals surface area contributed by atoms with Crippen molar-refractivity contribution < 1.29 is 9.59 Å². The van der Waals surface area contributed by atoms with Crippen LogP contribution in [0.4, 0.5) is 0 Å². The summed E-state index contributed by atoms with van der Waals surface area (Å²) in [6, 6.07) is -0.0700. The Morgan fingerprint density at radius 3 is 2.56 bits per heavy atom. The molecule has 2 N–H and O–H groups in total. The summed E-state index contributed by atoms with van der Waals surface area (Å²) >= 11 is 2.70. The molecular formula is C18H26N4O3S2. The van der Waals surface area contributed by atoms with Gasteiger partial charge < -0.3 is 10.6 Å². The quantitative estimate of drug-likeness (QED) is 0.515. The molecule has 0 fully saturated rings. The van der Waals surface area contributed by atoms with Crippen molar-refractivity contribution in [1.82, 2.24) is 20.2 Å².